The minimum Gasteiger partial charge on any atom is -0.497 e. The van der Waals surface area contributed by atoms with E-state index in [4.69, 9.17) is 21.1 Å². The Morgan fingerprint density at radius 3 is 2.34 bits per heavy atom. The second kappa shape index (κ2) is 9.37. The molecule has 0 spiro atoms. The highest BCUT2D eigenvalue weighted by Gasteiger charge is 2.30. The van der Waals surface area contributed by atoms with Crippen LogP contribution in [0.25, 0.3) is 0 Å². The molecule has 0 radical (unpaired) electrons. The summed E-state index contributed by atoms with van der Waals surface area (Å²) in [5.74, 6) is 0.737. The van der Waals surface area contributed by atoms with Gasteiger partial charge in [0.1, 0.15) is 17.5 Å². The summed E-state index contributed by atoms with van der Waals surface area (Å²) in [5.41, 5.74) is 1.02. The third kappa shape index (κ3) is 5.55. The molecule has 2 rings (SSSR count). The molecule has 1 amide bonds. The maximum atomic E-state index is 12.9. The van der Waals surface area contributed by atoms with Crippen LogP contribution in [0.1, 0.15) is 25.5 Å². The molecule has 0 unspecified atom stereocenters. The fraction of sp³-hybridized carbons (Fsp3) is 0.350. The number of rotatable bonds is 8. The molecule has 9 heteroatoms. The van der Waals surface area contributed by atoms with Gasteiger partial charge in [0, 0.05) is 10.6 Å². The quantitative estimate of drug-likeness (QED) is 0.680. The van der Waals surface area contributed by atoms with Gasteiger partial charge in [-0.1, -0.05) is 17.7 Å². The van der Waals surface area contributed by atoms with Crippen molar-refractivity contribution in [3.05, 3.63) is 53.1 Å². The van der Waals surface area contributed by atoms with Crippen molar-refractivity contribution in [2.45, 2.75) is 25.9 Å². The maximum Gasteiger partial charge on any atom is 0.244 e. The highest BCUT2D eigenvalue weighted by atomic mass is 35.5. The first-order valence-electron chi connectivity index (χ1n) is 8.85. The molecule has 29 heavy (non-hydrogen) atoms. The number of halogens is 1. The first-order chi connectivity index (χ1) is 13.6. The van der Waals surface area contributed by atoms with Crippen molar-refractivity contribution in [2.24, 2.45) is 0 Å². The van der Waals surface area contributed by atoms with Gasteiger partial charge in [-0.2, -0.15) is 0 Å². The molecular weight excluding hydrogens is 416 g/mol. The number of anilines is 1. The molecule has 158 valence electrons. The van der Waals surface area contributed by atoms with Crippen LogP contribution in [-0.2, 0) is 14.8 Å². The molecule has 0 saturated carbocycles. The van der Waals surface area contributed by atoms with Crippen LogP contribution in [0.2, 0.25) is 5.02 Å². The Morgan fingerprint density at radius 2 is 1.79 bits per heavy atom. The third-order valence-electron chi connectivity index (χ3n) is 4.41. The Labute approximate surface area is 176 Å². The summed E-state index contributed by atoms with van der Waals surface area (Å²) in [6, 6.07) is 10.2. The van der Waals surface area contributed by atoms with Crippen molar-refractivity contribution >= 4 is 33.2 Å². The molecule has 0 saturated heterocycles. The number of carbonyl (C=O) groups excluding carboxylic acids is 1. The van der Waals surface area contributed by atoms with Crippen LogP contribution in [0.15, 0.2) is 42.5 Å². The molecule has 2 aromatic rings. The Balaban J connectivity index is 2.30. The van der Waals surface area contributed by atoms with E-state index in [0.29, 0.717) is 27.8 Å². The van der Waals surface area contributed by atoms with E-state index in [1.165, 1.54) is 20.1 Å². The van der Waals surface area contributed by atoms with Crippen molar-refractivity contribution in [3.63, 3.8) is 0 Å². The van der Waals surface area contributed by atoms with Gasteiger partial charge in [0.2, 0.25) is 15.9 Å². The van der Waals surface area contributed by atoms with Crippen molar-refractivity contribution in [3.8, 4) is 11.5 Å². The third-order valence-corrected chi connectivity index (χ3v) is 5.89. The largest absolute Gasteiger partial charge is 0.497 e. The molecule has 1 N–H and O–H groups in total. The van der Waals surface area contributed by atoms with Gasteiger partial charge in [0.05, 0.1) is 32.2 Å². The van der Waals surface area contributed by atoms with E-state index < -0.39 is 28.0 Å². The average molecular weight is 441 g/mol. The minimum atomic E-state index is -3.73. The topological polar surface area (TPSA) is 84.9 Å². The number of benzene rings is 2. The van der Waals surface area contributed by atoms with Gasteiger partial charge in [-0.25, -0.2) is 8.42 Å². The number of nitrogens with one attached hydrogen (secondary N) is 1. The normalized spacial score (nSPS) is 13.3. The number of hydrogen-bond donors (Lipinski definition) is 1. The molecule has 7 nitrogen and oxygen atoms in total. The summed E-state index contributed by atoms with van der Waals surface area (Å²) in [6.07, 6.45) is 1.05. The van der Waals surface area contributed by atoms with Crippen molar-refractivity contribution in [1.82, 2.24) is 5.32 Å². The fourth-order valence-corrected chi connectivity index (χ4v) is 4.36. The lowest BCUT2D eigenvalue weighted by atomic mass is 10.1. The number of carbonyl (C=O) groups is 1. The monoisotopic (exact) mass is 440 g/mol. The summed E-state index contributed by atoms with van der Waals surface area (Å²) < 4.78 is 36.4. The Hall–Kier alpha value is -2.45. The Morgan fingerprint density at radius 1 is 1.10 bits per heavy atom. The molecule has 0 heterocycles. The molecule has 0 aromatic heterocycles. The van der Waals surface area contributed by atoms with E-state index in [1.54, 1.807) is 50.4 Å². The van der Waals surface area contributed by atoms with Crippen LogP contribution in [0.3, 0.4) is 0 Å². The smallest absolute Gasteiger partial charge is 0.244 e. The molecule has 0 aliphatic rings. The van der Waals surface area contributed by atoms with Gasteiger partial charge in [-0.15, -0.1) is 0 Å². The highest BCUT2D eigenvalue weighted by molar-refractivity contribution is 7.92. The summed E-state index contributed by atoms with van der Waals surface area (Å²) in [5, 5.41) is 3.22. The number of hydrogen-bond acceptors (Lipinski definition) is 5. The maximum absolute atomic E-state index is 12.9. The van der Waals surface area contributed by atoms with E-state index >= 15 is 0 Å². The number of amides is 1. The van der Waals surface area contributed by atoms with Gasteiger partial charge >= 0.3 is 0 Å². The minimum absolute atomic E-state index is 0.314. The molecule has 0 aliphatic carbocycles. The van der Waals surface area contributed by atoms with Crippen LogP contribution in [0.5, 0.6) is 11.5 Å². The second-order valence-electron chi connectivity index (χ2n) is 6.55. The Kier molecular flexibility index (Phi) is 7.37. The van der Waals surface area contributed by atoms with Gasteiger partial charge in [-0.05, 0) is 50.2 Å². The van der Waals surface area contributed by atoms with Crippen LogP contribution < -0.4 is 19.1 Å². The zero-order valence-corrected chi connectivity index (χ0v) is 18.5. The van der Waals surface area contributed by atoms with Crippen molar-refractivity contribution in [1.29, 1.82) is 0 Å². The molecule has 0 fully saturated rings. The lowest BCUT2D eigenvalue weighted by Crippen LogP contribution is -2.48. The van der Waals surface area contributed by atoms with Crippen LogP contribution in [-0.4, -0.2) is 40.8 Å². The zero-order valence-electron chi connectivity index (χ0n) is 17.0. The first-order valence-corrected chi connectivity index (χ1v) is 11.1. The van der Waals surface area contributed by atoms with Crippen LogP contribution in [0.4, 0.5) is 5.69 Å². The standard InChI is InChI=1S/C20H25ClN2O5S/c1-13(18-12-17(27-3)9-10-19(18)28-4)22-20(24)14(2)23(29(5,25)26)16-8-6-7-15(21)11-16/h6-14H,1-5H3,(H,22,24)/t13-,14+/m1/s1. The van der Waals surface area contributed by atoms with Crippen LogP contribution >= 0.6 is 11.6 Å². The van der Waals surface area contributed by atoms with Gasteiger partial charge in [0.15, 0.2) is 0 Å². The van der Waals surface area contributed by atoms with E-state index in [1.807, 2.05) is 0 Å². The second-order valence-corrected chi connectivity index (χ2v) is 8.85. The molecule has 0 aliphatic heterocycles. The lowest BCUT2D eigenvalue weighted by molar-refractivity contribution is -0.122. The lowest BCUT2D eigenvalue weighted by Gasteiger charge is -2.29. The van der Waals surface area contributed by atoms with E-state index in [2.05, 4.69) is 5.32 Å². The molecular formula is C20H25ClN2O5S. The van der Waals surface area contributed by atoms with E-state index in [9.17, 15) is 13.2 Å². The van der Waals surface area contributed by atoms with Crippen molar-refractivity contribution in [2.75, 3.05) is 24.8 Å². The average Bonchev–Trinajstić information content (AvgIpc) is 2.66. The van der Waals surface area contributed by atoms with E-state index in [-0.39, 0.29) is 0 Å². The number of methoxy groups -OCH3 is 2. The number of sulfonamides is 1. The van der Waals surface area contributed by atoms with Crippen LogP contribution in [0, 0.1) is 0 Å². The van der Waals surface area contributed by atoms with Gasteiger partial charge < -0.3 is 14.8 Å². The predicted molar refractivity (Wildman–Crippen MR) is 114 cm³/mol. The summed E-state index contributed by atoms with van der Waals surface area (Å²) in [7, 11) is -0.651. The molecule has 2 atom stereocenters. The van der Waals surface area contributed by atoms with Gasteiger partial charge in [0.25, 0.3) is 0 Å². The SMILES string of the molecule is COc1ccc(OC)c([C@@H](C)NC(=O)[C@H](C)N(c2cccc(Cl)c2)S(C)(=O)=O)c1. The van der Waals surface area contributed by atoms with Crippen molar-refractivity contribution < 1.29 is 22.7 Å². The molecule has 2 aromatic carbocycles. The Bertz CT molecular complexity index is 981. The van der Waals surface area contributed by atoms with E-state index in [0.717, 1.165) is 10.6 Å². The first kappa shape index (κ1) is 22.8. The summed E-state index contributed by atoms with van der Waals surface area (Å²) in [6.45, 7) is 3.30. The zero-order chi connectivity index (χ0) is 21.8. The van der Waals surface area contributed by atoms with Gasteiger partial charge in [-0.3, -0.25) is 9.10 Å². The number of ether oxygens (including phenoxy) is 2. The number of nitrogens with zero attached hydrogens (tertiary/aromatic N) is 1. The predicted octanol–water partition coefficient (Wildman–Crippen LogP) is 3.39. The highest BCUT2D eigenvalue weighted by Crippen LogP contribution is 2.30. The molecule has 0 bridgehead atoms. The summed E-state index contributed by atoms with van der Waals surface area (Å²) in [4.78, 5) is 12.9. The summed E-state index contributed by atoms with van der Waals surface area (Å²) >= 11 is 6.00. The fourth-order valence-electron chi connectivity index (χ4n) is 3.01.